The normalized spacial score (nSPS) is 13.1. The van der Waals surface area contributed by atoms with Crippen LogP contribution in [0.2, 0.25) is 0 Å². The highest BCUT2D eigenvalue weighted by Crippen LogP contribution is 2.34. The zero-order valence-electron chi connectivity index (χ0n) is 10.8. The Labute approximate surface area is 115 Å². The monoisotopic (exact) mass is 275 g/mol. The van der Waals surface area contributed by atoms with Crippen molar-refractivity contribution in [1.82, 2.24) is 0 Å². The molecule has 1 heterocycles. The van der Waals surface area contributed by atoms with Crippen LogP contribution in [-0.4, -0.2) is 13.2 Å². The van der Waals surface area contributed by atoms with E-state index >= 15 is 0 Å². The molecule has 0 radical (unpaired) electrons. The van der Waals surface area contributed by atoms with Gasteiger partial charge in [-0.1, -0.05) is 12.1 Å². The number of anilines is 1. The van der Waals surface area contributed by atoms with Gasteiger partial charge in [-0.3, -0.25) is 0 Å². The summed E-state index contributed by atoms with van der Waals surface area (Å²) in [6.07, 6.45) is 0. The molecule has 0 saturated carbocycles. The minimum atomic E-state index is -0.399. The SMILES string of the molecule is Nc1cc2c(cc1COc1ccccc1F)OCCO2. The summed E-state index contributed by atoms with van der Waals surface area (Å²) < 4.78 is 29.8. The molecule has 5 heteroatoms. The first-order valence-electron chi connectivity index (χ1n) is 6.29. The molecule has 0 unspecified atom stereocenters. The first-order chi connectivity index (χ1) is 9.74. The Bertz CT molecular complexity index is 631. The first-order valence-corrected chi connectivity index (χ1v) is 6.29. The Morgan fingerprint density at radius 3 is 2.55 bits per heavy atom. The van der Waals surface area contributed by atoms with Crippen LogP contribution >= 0.6 is 0 Å². The number of nitrogen functional groups attached to an aromatic ring is 1. The van der Waals surface area contributed by atoms with E-state index in [9.17, 15) is 4.39 Å². The van der Waals surface area contributed by atoms with Crippen LogP contribution in [-0.2, 0) is 6.61 Å². The van der Waals surface area contributed by atoms with Gasteiger partial charge in [0.05, 0.1) is 0 Å². The Kier molecular flexibility index (Phi) is 3.33. The lowest BCUT2D eigenvalue weighted by Gasteiger charge is -2.20. The minimum Gasteiger partial charge on any atom is -0.486 e. The molecule has 0 aliphatic carbocycles. The third-order valence-corrected chi connectivity index (χ3v) is 3.02. The maximum absolute atomic E-state index is 13.5. The van der Waals surface area contributed by atoms with E-state index in [1.165, 1.54) is 6.07 Å². The Morgan fingerprint density at radius 2 is 1.80 bits per heavy atom. The number of hydrogen-bond donors (Lipinski definition) is 1. The topological polar surface area (TPSA) is 53.7 Å². The summed E-state index contributed by atoms with van der Waals surface area (Å²) >= 11 is 0. The molecule has 1 aliphatic rings. The average Bonchev–Trinajstić information content (AvgIpc) is 2.46. The number of rotatable bonds is 3. The van der Waals surface area contributed by atoms with Gasteiger partial charge in [0.25, 0.3) is 0 Å². The summed E-state index contributed by atoms with van der Waals surface area (Å²) in [5.41, 5.74) is 7.20. The van der Waals surface area contributed by atoms with Crippen LogP contribution in [0.5, 0.6) is 17.2 Å². The van der Waals surface area contributed by atoms with Crippen molar-refractivity contribution in [3.8, 4) is 17.2 Å². The lowest BCUT2D eigenvalue weighted by molar-refractivity contribution is 0.171. The molecule has 0 fully saturated rings. The Balaban J connectivity index is 1.79. The van der Waals surface area contributed by atoms with Crippen molar-refractivity contribution in [2.45, 2.75) is 6.61 Å². The van der Waals surface area contributed by atoms with E-state index in [2.05, 4.69) is 0 Å². The summed E-state index contributed by atoms with van der Waals surface area (Å²) in [5, 5.41) is 0. The molecule has 2 aromatic carbocycles. The van der Waals surface area contributed by atoms with Gasteiger partial charge >= 0.3 is 0 Å². The molecule has 0 spiro atoms. The smallest absolute Gasteiger partial charge is 0.165 e. The Hall–Kier alpha value is -2.43. The lowest BCUT2D eigenvalue weighted by Crippen LogP contribution is -2.16. The molecule has 4 nitrogen and oxygen atoms in total. The maximum Gasteiger partial charge on any atom is 0.165 e. The van der Waals surface area contributed by atoms with Gasteiger partial charge in [-0.2, -0.15) is 0 Å². The summed E-state index contributed by atoms with van der Waals surface area (Å²) in [7, 11) is 0. The Morgan fingerprint density at radius 1 is 1.10 bits per heavy atom. The standard InChI is InChI=1S/C15H14FNO3/c16-11-3-1-2-4-13(11)20-9-10-7-14-15(8-12(10)17)19-6-5-18-14/h1-4,7-8H,5-6,9,17H2. The van der Waals surface area contributed by atoms with Crippen molar-refractivity contribution >= 4 is 5.69 Å². The third kappa shape index (κ3) is 2.47. The van der Waals surface area contributed by atoms with Crippen LogP contribution in [0, 0.1) is 5.82 Å². The van der Waals surface area contributed by atoms with E-state index in [4.69, 9.17) is 19.9 Å². The first kappa shape index (κ1) is 12.6. The van der Waals surface area contributed by atoms with E-state index in [-0.39, 0.29) is 12.4 Å². The van der Waals surface area contributed by atoms with Gasteiger partial charge in [-0.15, -0.1) is 0 Å². The second-order valence-corrected chi connectivity index (χ2v) is 4.41. The van der Waals surface area contributed by atoms with Crippen molar-refractivity contribution in [2.24, 2.45) is 0 Å². The highest BCUT2D eigenvalue weighted by molar-refractivity contribution is 5.58. The number of ether oxygens (including phenoxy) is 3. The summed E-state index contributed by atoms with van der Waals surface area (Å²) in [4.78, 5) is 0. The molecule has 2 N–H and O–H groups in total. The van der Waals surface area contributed by atoms with E-state index in [0.717, 1.165) is 5.56 Å². The van der Waals surface area contributed by atoms with E-state index in [0.29, 0.717) is 30.4 Å². The predicted octanol–water partition coefficient (Wildman–Crippen LogP) is 2.76. The zero-order chi connectivity index (χ0) is 13.9. The molecule has 104 valence electrons. The molecule has 3 rings (SSSR count). The maximum atomic E-state index is 13.5. The molecule has 0 aromatic heterocycles. The molecule has 0 saturated heterocycles. The summed E-state index contributed by atoms with van der Waals surface area (Å²) in [5.74, 6) is 1.06. The predicted molar refractivity (Wildman–Crippen MR) is 72.6 cm³/mol. The van der Waals surface area contributed by atoms with Crippen molar-refractivity contribution in [2.75, 3.05) is 18.9 Å². The van der Waals surface area contributed by atoms with Gasteiger partial charge in [0.15, 0.2) is 23.1 Å². The number of benzene rings is 2. The minimum absolute atomic E-state index is 0.170. The molecule has 0 amide bonds. The number of nitrogens with two attached hydrogens (primary N) is 1. The van der Waals surface area contributed by atoms with Crippen LogP contribution in [0.15, 0.2) is 36.4 Å². The van der Waals surface area contributed by atoms with Crippen LogP contribution in [0.4, 0.5) is 10.1 Å². The van der Waals surface area contributed by atoms with E-state index < -0.39 is 5.82 Å². The summed E-state index contributed by atoms with van der Waals surface area (Å²) in [6, 6.07) is 9.72. The van der Waals surface area contributed by atoms with Gasteiger partial charge in [0.1, 0.15) is 19.8 Å². The fraction of sp³-hybridized carbons (Fsp3) is 0.200. The lowest BCUT2D eigenvalue weighted by atomic mass is 10.1. The van der Waals surface area contributed by atoms with Gasteiger partial charge in [-0.05, 0) is 18.2 Å². The number of fused-ring (bicyclic) bond motifs is 1. The molecular weight excluding hydrogens is 261 g/mol. The van der Waals surface area contributed by atoms with Gasteiger partial charge < -0.3 is 19.9 Å². The van der Waals surface area contributed by atoms with Crippen molar-refractivity contribution in [3.05, 3.63) is 47.8 Å². The van der Waals surface area contributed by atoms with Gasteiger partial charge in [-0.25, -0.2) is 4.39 Å². The van der Waals surface area contributed by atoms with Crippen molar-refractivity contribution in [1.29, 1.82) is 0 Å². The molecule has 20 heavy (non-hydrogen) atoms. The molecular formula is C15H14FNO3. The van der Waals surface area contributed by atoms with Crippen molar-refractivity contribution in [3.63, 3.8) is 0 Å². The van der Waals surface area contributed by atoms with Crippen molar-refractivity contribution < 1.29 is 18.6 Å². The van der Waals surface area contributed by atoms with E-state index in [1.54, 1.807) is 30.3 Å². The fourth-order valence-corrected chi connectivity index (χ4v) is 1.99. The largest absolute Gasteiger partial charge is 0.486 e. The molecule has 1 aliphatic heterocycles. The molecule has 0 atom stereocenters. The van der Waals surface area contributed by atoms with Gasteiger partial charge in [0.2, 0.25) is 0 Å². The highest BCUT2D eigenvalue weighted by atomic mass is 19.1. The third-order valence-electron chi connectivity index (χ3n) is 3.02. The molecule has 2 aromatic rings. The summed E-state index contributed by atoms with van der Waals surface area (Å²) in [6.45, 7) is 1.19. The van der Waals surface area contributed by atoms with Gasteiger partial charge in [0, 0.05) is 17.3 Å². The molecule has 0 bridgehead atoms. The number of para-hydroxylation sites is 1. The van der Waals surface area contributed by atoms with Crippen LogP contribution in [0.3, 0.4) is 0 Å². The number of halogens is 1. The van der Waals surface area contributed by atoms with Crippen LogP contribution < -0.4 is 19.9 Å². The fourth-order valence-electron chi connectivity index (χ4n) is 1.99. The quantitative estimate of drug-likeness (QED) is 0.875. The average molecular weight is 275 g/mol. The number of hydrogen-bond acceptors (Lipinski definition) is 4. The van der Waals surface area contributed by atoms with Crippen LogP contribution in [0.1, 0.15) is 5.56 Å². The second-order valence-electron chi connectivity index (χ2n) is 4.41. The highest BCUT2D eigenvalue weighted by Gasteiger charge is 2.15. The zero-order valence-corrected chi connectivity index (χ0v) is 10.8. The van der Waals surface area contributed by atoms with E-state index in [1.807, 2.05) is 0 Å². The second kappa shape index (κ2) is 5.28. The van der Waals surface area contributed by atoms with Crippen LogP contribution in [0.25, 0.3) is 0 Å².